The van der Waals surface area contributed by atoms with Gasteiger partial charge in [-0.05, 0) is 24.6 Å². The molecule has 0 fully saturated rings. The Bertz CT molecular complexity index is 895. The lowest BCUT2D eigenvalue weighted by Crippen LogP contribution is -2.19. The second-order valence-corrected chi connectivity index (χ2v) is 6.28. The maximum absolute atomic E-state index is 12.4. The number of nitrogens with one attached hydrogen (secondary N) is 1. The molecule has 1 amide bonds. The molecule has 0 aromatic heterocycles. The number of unbranched alkanes of at least 4 members (excludes halogenated alkanes) is 3. The van der Waals surface area contributed by atoms with Gasteiger partial charge in [-0.2, -0.15) is 5.10 Å². The topological polar surface area (TPSA) is 111 Å². The van der Waals surface area contributed by atoms with Gasteiger partial charge in [-0.25, -0.2) is 5.43 Å². The molecule has 2 aromatic carbocycles. The van der Waals surface area contributed by atoms with Crippen LogP contribution in [0.25, 0.3) is 0 Å². The number of nitro benzene ring substituents is 1. The number of hydrazone groups is 1. The molecule has 0 aliphatic rings. The van der Waals surface area contributed by atoms with Gasteiger partial charge in [-0.15, -0.1) is 0 Å². The summed E-state index contributed by atoms with van der Waals surface area (Å²) in [7, 11) is 0. The van der Waals surface area contributed by atoms with Crippen LogP contribution in [-0.2, 0) is 0 Å². The van der Waals surface area contributed by atoms with E-state index in [4.69, 9.17) is 4.74 Å². The van der Waals surface area contributed by atoms with Gasteiger partial charge in [0, 0.05) is 17.7 Å². The number of carbonyl (C=O) groups excluding carboxylic acids is 2. The summed E-state index contributed by atoms with van der Waals surface area (Å²) < 4.78 is 5.70. The molecular weight excluding hydrogens is 374 g/mol. The Morgan fingerprint density at radius 3 is 2.69 bits per heavy atom. The summed E-state index contributed by atoms with van der Waals surface area (Å²) in [4.78, 5) is 34.6. The molecule has 2 aromatic rings. The summed E-state index contributed by atoms with van der Waals surface area (Å²) >= 11 is 0. The largest absolute Gasteiger partial charge is 0.493 e. The third kappa shape index (κ3) is 6.84. The van der Waals surface area contributed by atoms with Crippen LogP contribution in [0.2, 0.25) is 0 Å². The van der Waals surface area contributed by atoms with Crippen LogP contribution < -0.4 is 10.2 Å². The number of rotatable bonds is 11. The van der Waals surface area contributed by atoms with E-state index in [9.17, 15) is 19.7 Å². The van der Waals surface area contributed by atoms with Gasteiger partial charge in [0.1, 0.15) is 5.75 Å². The van der Waals surface area contributed by atoms with Crippen LogP contribution in [0.15, 0.2) is 53.6 Å². The first-order valence-electron chi connectivity index (χ1n) is 9.37. The fraction of sp³-hybridized carbons (Fsp3) is 0.286. The number of hydrogen-bond donors (Lipinski definition) is 1. The molecule has 0 atom stereocenters. The number of ketones is 1. The third-order valence-electron chi connectivity index (χ3n) is 4.08. The SMILES string of the molecule is CCCCCCOc1ccccc1C(=O)/C=N/NC(=O)c1cccc([N+](=O)[O-])c1. The molecule has 0 aliphatic heterocycles. The summed E-state index contributed by atoms with van der Waals surface area (Å²) in [6, 6.07) is 12.1. The molecule has 8 heteroatoms. The highest BCUT2D eigenvalue weighted by Gasteiger charge is 2.12. The van der Waals surface area contributed by atoms with Crippen molar-refractivity contribution in [3.8, 4) is 5.75 Å². The summed E-state index contributed by atoms with van der Waals surface area (Å²) in [5.41, 5.74) is 2.40. The number of carbonyl (C=O) groups is 2. The molecule has 2 rings (SSSR count). The van der Waals surface area contributed by atoms with Gasteiger partial charge < -0.3 is 4.74 Å². The Labute approximate surface area is 168 Å². The minimum atomic E-state index is -0.654. The molecule has 0 unspecified atom stereocenters. The van der Waals surface area contributed by atoms with Gasteiger partial charge in [-0.3, -0.25) is 19.7 Å². The zero-order valence-electron chi connectivity index (χ0n) is 16.2. The molecule has 8 nitrogen and oxygen atoms in total. The number of benzene rings is 2. The van der Waals surface area contributed by atoms with E-state index in [1.54, 1.807) is 24.3 Å². The molecule has 0 spiro atoms. The second kappa shape index (κ2) is 11.3. The van der Waals surface area contributed by atoms with Crippen LogP contribution in [-0.4, -0.2) is 29.4 Å². The highest BCUT2D eigenvalue weighted by atomic mass is 16.6. The summed E-state index contributed by atoms with van der Waals surface area (Å²) in [6.45, 7) is 2.65. The number of para-hydroxylation sites is 1. The Kier molecular flexibility index (Phi) is 8.50. The summed E-state index contributed by atoms with van der Waals surface area (Å²) in [6.07, 6.45) is 5.23. The second-order valence-electron chi connectivity index (χ2n) is 6.28. The standard InChI is InChI=1S/C21H23N3O5/c1-2-3-4-7-13-29-20-12-6-5-11-18(20)19(25)15-22-23-21(26)16-9-8-10-17(14-16)24(27)28/h5-6,8-12,14-15H,2-4,7,13H2,1H3,(H,23,26)/b22-15+. The number of Topliss-reactive ketones (excluding diaryl/α,β-unsaturated/α-hetero) is 1. The summed E-state index contributed by atoms with van der Waals surface area (Å²) in [5.74, 6) is -0.614. The molecular formula is C21H23N3O5. The van der Waals surface area contributed by atoms with Crippen molar-refractivity contribution in [3.63, 3.8) is 0 Å². The molecule has 0 saturated heterocycles. The van der Waals surface area contributed by atoms with Gasteiger partial charge >= 0.3 is 0 Å². The van der Waals surface area contributed by atoms with Crippen molar-refractivity contribution in [2.45, 2.75) is 32.6 Å². The van der Waals surface area contributed by atoms with E-state index in [0.29, 0.717) is 17.9 Å². The van der Waals surface area contributed by atoms with Crippen LogP contribution in [0.1, 0.15) is 53.3 Å². The van der Waals surface area contributed by atoms with E-state index in [1.807, 2.05) is 0 Å². The Morgan fingerprint density at radius 1 is 1.14 bits per heavy atom. The van der Waals surface area contributed by atoms with Crippen molar-refractivity contribution in [1.82, 2.24) is 5.43 Å². The highest BCUT2D eigenvalue weighted by Crippen LogP contribution is 2.18. The maximum atomic E-state index is 12.4. The third-order valence-corrected chi connectivity index (χ3v) is 4.08. The first-order chi connectivity index (χ1) is 14.0. The van der Waals surface area contributed by atoms with Crippen LogP contribution in [0.3, 0.4) is 0 Å². The van der Waals surface area contributed by atoms with Gasteiger partial charge in [-0.1, -0.05) is 44.4 Å². The van der Waals surface area contributed by atoms with E-state index >= 15 is 0 Å². The van der Waals surface area contributed by atoms with Gasteiger partial charge in [0.2, 0.25) is 5.78 Å². The van der Waals surface area contributed by atoms with E-state index in [1.165, 1.54) is 18.2 Å². The first-order valence-corrected chi connectivity index (χ1v) is 9.37. The molecule has 0 bridgehead atoms. The number of nitro groups is 1. The average Bonchev–Trinajstić information content (AvgIpc) is 2.73. The lowest BCUT2D eigenvalue weighted by Gasteiger charge is -2.09. The number of nitrogens with zero attached hydrogens (tertiary/aromatic N) is 2. The predicted molar refractivity (Wildman–Crippen MR) is 109 cm³/mol. The zero-order valence-corrected chi connectivity index (χ0v) is 16.2. The minimum Gasteiger partial charge on any atom is -0.493 e. The summed E-state index contributed by atoms with van der Waals surface area (Å²) in [5, 5.41) is 14.4. The fourth-order valence-corrected chi connectivity index (χ4v) is 2.55. The van der Waals surface area contributed by atoms with Crippen molar-refractivity contribution >= 4 is 23.6 Å². The normalized spacial score (nSPS) is 10.7. The Hall–Kier alpha value is -3.55. The van der Waals surface area contributed by atoms with Crippen molar-refractivity contribution in [2.24, 2.45) is 5.10 Å². The van der Waals surface area contributed by atoms with Crippen molar-refractivity contribution < 1.29 is 19.2 Å². The average molecular weight is 397 g/mol. The molecule has 0 aliphatic carbocycles. The lowest BCUT2D eigenvalue weighted by molar-refractivity contribution is -0.384. The smallest absolute Gasteiger partial charge is 0.271 e. The van der Waals surface area contributed by atoms with Gasteiger partial charge in [0.05, 0.1) is 23.3 Å². The lowest BCUT2D eigenvalue weighted by atomic mass is 10.1. The molecule has 0 radical (unpaired) electrons. The number of hydrogen-bond acceptors (Lipinski definition) is 6. The van der Waals surface area contributed by atoms with Crippen LogP contribution in [0.4, 0.5) is 5.69 Å². The monoisotopic (exact) mass is 397 g/mol. The van der Waals surface area contributed by atoms with Crippen molar-refractivity contribution in [3.05, 3.63) is 69.8 Å². The predicted octanol–water partition coefficient (Wildman–Crippen LogP) is 4.15. The number of non-ortho nitro benzene ring substituents is 1. The highest BCUT2D eigenvalue weighted by molar-refractivity contribution is 6.36. The first kappa shape index (κ1) is 21.7. The van der Waals surface area contributed by atoms with E-state index in [2.05, 4.69) is 17.5 Å². The van der Waals surface area contributed by atoms with Gasteiger partial charge in [0.15, 0.2) is 0 Å². The van der Waals surface area contributed by atoms with E-state index < -0.39 is 16.6 Å². The molecule has 1 N–H and O–H groups in total. The fourth-order valence-electron chi connectivity index (χ4n) is 2.55. The van der Waals surface area contributed by atoms with E-state index in [0.717, 1.165) is 38.0 Å². The quantitative estimate of drug-likeness (QED) is 0.201. The molecule has 0 saturated carbocycles. The number of amides is 1. The Balaban J connectivity index is 1.96. The van der Waals surface area contributed by atoms with E-state index in [-0.39, 0.29) is 11.3 Å². The molecule has 0 heterocycles. The van der Waals surface area contributed by atoms with Crippen molar-refractivity contribution in [2.75, 3.05) is 6.61 Å². The van der Waals surface area contributed by atoms with Crippen LogP contribution in [0, 0.1) is 10.1 Å². The van der Waals surface area contributed by atoms with Crippen molar-refractivity contribution in [1.29, 1.82) is 0 Å². The number of ether oxygens (including phenoxy) is 1. The Morgan fingerprint density at radius 2 is 1.93 bits per heavy atom. The molecule has 29 heavy (non-hydrogen) atoms. The molecule has 152 valence electrons. The minimum absolute atomic E-state index is 0.0691. The van der Waals surface area contributed by atoms with Crippen LogP contribution >= 0.6 is 0 Å². The van der Waals surface area contributed by atoms with Gasteiger partial charge in [0.25, 0.3) is 11.6 Å². The zero-order chi connectivity index (χ0) is 21.1. The maximum Gasteiger partial charge on any atom is 0.271 e. The van der Waals surface area contributed by atoms with Crippen LogP contribution in [0.5, 0.6) is 5.75 Å².